The largest absolute Gasteiger partial charge is 0.453 e. The first kappa shape index (κ1) is 35.0. The number of amides is 3. The minimum Gasteiger partial charge on any atom is -0.453 e. The van der Waals surface area contributed by atoms with Gasteiger partial charge in [0.2, 0.25) is 5.91 Å². The van der Waals surface area contributed by atoms with E-state index in [2.05, 4.69) is 26.3 Å². The number of carbonyl (C=O) groups excluding carboxylic acids is 3. The minimum atomic E-state index is -1.01. The van der Waals surface area contributed by atoms with Crippen LogP contribution >= 0.6 is 0 Å². The van der Waals surface area contributed by atoms with Crippen molar-refractivity contribution >= 4 is 23.9 Å². The fraction of sp³-hybridized carbons (Fsp3) is 0.297. The number of halogens is 1. The average molecular weight is 670 g/mol. The molecule has 49 heavy (non-hydrogen) atoms. The first-order valence-electron chi connectivity index (χ1n) is 16.1. The van der Waals surface area contributed by atoms with Crippen LogP contribution in [0.3, 0.4) is 0 Å². The maximum atomic E-state index is 14.0. The summed E-state index contributed by atoms with van der Waals surface area (Å²) in [6.07, 6.45) is 1.41. The highest BCUT2D eigenvalue weighted by Crippen LogP contribution is 2.29. The summed E-state index contributed by atoms with van der Waals surface area (Å²) >= 11 is 0. The fourth-order valence-corrected chi connectivity index (χ4v) is 5.61. The Morgan fingerprint density at radius 3 is 2.27 bits per heavy atom. The second kappa shape index (κ2) is 17.7. The van der Waals surface area contributed by atoms with Crippen LogP contribution in [0.25, 0.3) is 0 Å². The van der Waals surface area contributed by atoms with Gasteiger partial charge in [-0.25, -0.2) is 19.0 Å². The van der Waals surface area contributed by atoms with Gasteiger partial charge in [-0.05, 0) is 53.3 Å². The van der Waals surface area contributed by atoms with Crippen molar-refractivity contribution in [1.82, 2.24) is 20.9 Å². The number of anilines is 1. The third-order valence-corrected chi connectivity index (χ3v) is 8.19. The SMILES string of the molecule is COC(=O)N[C@H](C(=O)Nc1ncccc1CC[C@@H]1CN[C@H](COC(=O)NCc2ccc(F)cc2)CO1)C(c1ccccc1)c1ccccc1. The second-order valence-corrected chi connectivity index (χ2v) is 11.6. The van der Waals surface area contributed by atoms with Gasteiger partial charge in [0, 0.05) is 25.2 Å². The molecule has 3 atom stereocenters. The molecule has 0 spiro atoms. The summed E-state index contributed by atoms with van der Waals surface area (Å²) in [6, 6.07) is 27.4. The van der Waals surface area contributed by atoms with Crippen LogP contribution in [0.15, 0.2) is 103 Å². The van der Waals surface area contributed by atoms with Gasteiger partial charge in [0.15, 0.2) is 0 Å². The van der Waals surface area contributed by atoms with Gasteiger partial charge in [0.05, 0.1) is 25.9 Å². The number of aromatic nitrogens is 1. The molecule has 0 unspecified atom stereocenters. The molecule has 0 bridgehead atoms. The third kappa shape index (κ3) is 10.3. The number of nitrogens with one attached hydrogen (secondary N) is 4. The summed E-state index contributed by atoms with van der Waals surface area (Å²) in [5.74, 6) is -0.891. The van der Waals surface area contributed by atoms with Gasteiger partial charge in [-0.3, -0.25) is 4.79 Å². The Bertz CT molecular complexity index is 1610. The predicted octanol–water partition coefficient (Wildman–Crippen LogP) is 4.93. The quantitative estimate of drug-likeness (QED) is 0.157. The molecule has 2 heterocycles. The van der Waals surface area contributed by atoms with Crippen molar-refractivity contribution in [3.63, 3.8) is 0 Å². The molecule has 1 fully saturated rings. The summed E-state index contributed by atoms with van der Waals surface area (Å²) in [7, 11) is 1.26. The Balaban J connectivity index is 1.15. The zero-order valence-corrected chi connectivity index (χ0v) is 27.1. The molecule has 0 aliphatic carbocycles. The Morgan fingerprint density at radius 1 is 0.939 bits per heavy atom. The first-order chi connectivity index (χ1) is 23.9. The Morgan fingerprint density at radius 2 is 1.63 bits per heavy atom. The molecular formula is C37H40FN5O6. The highest BCUT2D eigenvalue weighted by molar-refractivity contribution is 5.97. The van der Waals surface area contributed by atoms with E-state index in [0.717, 1.165) is 22.3 Å². The van der Waals surface area contributed by atoms with Gasteiger partial charge in [-0.15, -0.1) is 0 Å². The van der Waals surface area contributed by atoms with Crippen molar-refractivity contribution < 1.29 is 33.0 Å². The smallest absolute Gasteiger partial charge is 0.407 e. The molecule has 1 aromatic heterocycles. The average Bonchev–Trinajstić information content (AvgIpc) is 3.14. The lowest BCUT2D eigenvalue weighted by molar-refractivity contribution is -0.118. The molecule has 1 saturated heterocycles. The molecule has 4 aromatic rings. The van der Waals surface area contributed by atoms with Crippen LogP contribution in [0.5, 0.6) is 0 Å². The molecule has 1 aliphatic heterocycles. The van der Waals surface area contributed by atoms with Crippen LogP contribution in [-0.2, 0) is 32.0 Å². The number of benzene rings is 3. The lowest BCUT2D eigenvalue weighted by atomic mass is 9.84. The summed E-state index contributed by atoms with van der Waals surface area (Å²) in [5, 5.41) is 11.7. The number of methoxy groups -OCH3 is 1. The third-order valence-electron chi connectivity index (χ3n) is 8.19. The molecule has 256 valence electrons. The highest BCUT2D eigenvalue weighted by atomic mass is 19.1. The first-order valence-corrected chi connectivity index (χ1v) is 16.1. The number of morpholine rings is 1. The van der Waals surface area contributed by atoms with E-state index in [-0.39, 0.29) is 31.1 Å². The van der Waals surface area contributed by atoms with Gasteiger partial charge in [0.1, 0.15) is 24.3 Å². The summed E-state index contributed by atoms with van der Waals surface area (Å²) in [5.41, 5.74) is 3.28. The molecule has 12 heteroatoms. The van der Waals surface area contributed by atoms with Crippen molar-refractivity contribution in [1.29, 1.82) is 0 Å². The summed E-state index contributed by atoms with van der Waals surface area (Å²) in [6.45, 7) is 1.27. The van der Waals surface area contributed by atoms with Crippen molar-refractivity contribution in [3.8, 4) is 0 Å². The van der Waals surface area contributed by atoms with Crippen molar-refractivity contribution in [3.05, 3.63) is 131 Å². The standard InChI is InChI=1S/C37H40FN5O6/c1-47-37(46)42-33(32(26-9-4-2-5-10-26)27-11-6-3-7-12-27)35(44)43-34-28(13-8-20-39-34)16-19-31-22-40-30(23-48-31)24-49-36(45)41-21-25-14-17-29(38)18-15-25/h2-15,17-18,20,30-33,40H,16,19,21-24H2,1H3,(H,41,45)(H,42,46)(H,39,43,44)/t30-,31+,33-/m0/s1. The zero-order chi connectivity index (χ0) is 34.4. The second-order valence-electron chi connectivity index (χ2n) is 11.6. The van der Waals surface area contributed by atoms with E-state index in [4.69, 9.17) is 14.2 Å². The van der Waals surface area contributed by atoms with E-state index in [1.807, 2.05) is 66.7 Å². The number of hydrogen-bond acceptors (Lipinski definition) is 8. The van der Waals surface area contributed by atoms with Crippen LogP contribution in [-0.4, -0.2) is 68.1 Å². The molecule has 3 amide bonds. The summed E-state index contributed by atoms with van der Waals surface area (Å²) in [4.78, 5) is 43.0. The predicted molar refractivity (Wildman–Crippen MR) is 181 cm³/mol. The van der Waals surface area contributed by atoms with Crippen molar-refractivity contribution in [2.45, 2.75) is 43.5 Å². The van der Waals surface area contributed by atoms with E-state index >= 15 is 0 Å². The number of carbonyl (C=O) groups is 3. The van der Waals surface area contributed by atoms with Gasteiger partial charge in [-0.2, -0.15) is 0 Å². The van der Waals surface area contributed by atoms with Gasteiger partial charge < -0.3 is 35.5 Å². The van der Waals surface area contributed by atoms with Crippen molar-refractivity contribution in [2.24, 2.45) is 0 Å². The van der Waals surface area contributed by atoms with E-state index in [1.54, 1.807) is 24.4 Å². The maximum absolute atomic E-state index is 14.0. The number of aryl methyl sites for hydroxylation is 1. The molecule has 11 nitrogen and oxygen atoms in total. The number of ether oxygens (including phenoxy) is 3. The fourth-order valence-electron chi connectivity index (χ4n) is 5.61. The van der Waals surface area contributed by atoms with Crippen LogP contribution in [0.1, 0.15) is 34.6 Å². The molecular weight excluding hydrogens is 629 g/mol. The van der Waals surface area contributed by atoms with Crippen LogP contribution in [0.2, 0.25) is 0 Å². The Kier molecular flexibility index (Phi) is 12.7. The van der Waals surface area contributed by atoms with E-state index in [9.17, 15) is 18.8 Å². The number of pyridine rings is 1. The topological polar surface area (TPSA) is 140 Å². The maximum Gasteiger partial charge on any atom is 0.407 e. The molecule has 0 radical (unpaired) electrons. The molecule has 0 saturated carbocycles. The van der Waals surface area contributed by atoms with Gasteiger partial charge >= 0.3 is 12.2 Å². The molecule has 1 aliphatic rings. The highest BCUT2D eigenvalue weighted by Gasteiger charge is 2.33. The number of nitrogens with zero attached hydrogens (tertiary/aromatic N) is 1. The number of hydrogen-bond donors (Lipinski definition) is 4. The molecule has 5 rings (SSSR count). The zero-order valence-electron chi connectivity index (χ0n) is 27.1. The van der Waals surface area contributed by atoms with E-state index in [1.165, 1.54) is 19.2 Å². The van der Waals surface area contributed by atoms with Gasteiger partial charge in [-0.1, -0.05) is 78.9 Å². The number of rotatable bonds is 13. The van der Waals surface area contributed by atoms with Crippen molar-refractivity contribution in [2.75, 3.05) is 32.2 Å². The Hall–Kier alpha value is -5.33. The monoisotopic (exact) mass is 669 g/mol. The van der Waals surface area contributed by atoms with Gasteiger partial charge in [0.25, 0.3) is 0 Å². The minimum absolute atomic E-state index is 0.110. The Labute approximate surface area is 284 Å². The lowest BCUT2D eigenvalue weighted by Gasteiger charge is -2.30. The molecule has 4 N–H and O–H groups in total. The van der Waals surface area contributed by atoms with E-state index in [0.29, 0.717) is 31.8 Å². The summed E-state index contributed by atoms with van der Waals surface area (Å²) < 4.78 is 29.3. The van der Waals surface area contributed by atoms with Crippen LogP contribution < -0.4 is 21.3 Å². The van der Waals surface area contributed by atoms with Crippen LogP contribution in [0, 0.1) is 5.82 Å². The van der Waals surface area contributed by atoms with E-state index < -0.39 is 30.1 Å². The number of alkyl carbamates (subject to hydrolysis) is 2. The molecule has 3 aromatic carbocycles. The lowest BCUT2D eigenvalue weighted by Crippen LogP contribution is -2.49. The normalized spacial score (nSPS) is 16.3. The van der Waals surface area contributed by atoms with Crippen LogP contribution in [0.4, 0.5) is 19.8 Å².